The second-order valence-corrected chi connectivity index (χ2v) is 7.66. The summed E-state index contributed by atoms with van der Waals surface area (Å²) in [6.07, 6.45) is 0. The van der Waals surface area contributed by atoms with Crippen molar-refractivity contribution in [3.63, 3.8) is 0 Å². The molecule has 0 saturated heterocycles. The van der Waals surface area contributed by atoms with Gasteiger partial charge in [-0.2, -0.15) is 0 Å². The first-order valence-corrected chi connectivity index (χ1v) is 10.1. The number of carbonyl (C=O) groups excluding carboxylic acids is 3. The molecule has 0 fully saturated rings. The zero-order valence-electron chi connectivity index (χ0n) is 18.4. The third-order valence-electron chi connectivity index (χ3n) is 4.97. The first kappa shape index (κ1) is 22.7. The Morgan fingerprint density at radius 1 is 0.844 bits per heavy atom. The summed E-state index contributed by atoms with van der Waals surface area (Å²) in [6, 6.07) is 13.0. The number of halogens is 1. The Kier molecular flexibility index (Phi) is 6.73. The van der Waals surface area contributed by atoms with Gasteiger partial charge >= 0.3 is 0 Å². The smallest absolute Gasteiger partial charge is 0.271 e. The summed E-state index contributed by atoms with van der Waals surface area (Å²) in [6.45, 7) is 7.07. The summed E-state index contributed by atoms with van der Waals surface area (Å²) in [7, 11) is 0. The Bertz CT molecular complexity index is 1160. The number of nitrogens with one attached hydrogen (secondary N) is 3. The van der Waals surface area contributed by atoms with Crippen LogP contribution in [0.5, 0.6) is 0 Å². The highest BCUT2D eigenvalue weighted by atomic mass is 19.1. The van der Waals surface area contributed by atoms with E-state index in [0.29, 0.717) is 16.8 Å². The van der Waals surface area contributed by atoms with Gasteiger partial charge in [0, 0.05) is 22.6 Å². The van der Waals surface area contributed by atoms with Crippen LogP contribution in [0.15, 0.2) is 48.5 Å². The molecule has 2 aromatic carbocycles. The average molecular weight is 436 g/mol. The largest absolute Gasteiger partial charge is 0.343 e. The second kappa shape index (κ2) is 9.47. The number of hydrogen-bond acceptors (Lipinski definition) is 3. The molecule has 32 heavy (non-hydrogen) atoms. The number of carbonyl (C=O) groups is 3. The van der Waals surface area contributed by atoms with Crippen LogP contribution >= 0.6 is 0 Å². The van der Waals surface area contributed by atoms with Crippen molar-refractivity contribution in [3.05, 3.63) is 88.0 Å². The number of hydrogen-bond donors (Lipinski definition) is 3. The molecule has 0 aliphatic rings. The van der Waals surface area contributed by atoms with Gasteiger partial charge in [0.25, 0.3) is 17.7 Å². The Morgan fingerprint density at radius 3 is 2.09 bits per heavy atom. The molecule has 0 saturated carbocycles. The van der Waals surface area contributed by atoms with Crippen molar-refractivity contribution in [2.45, 2.75) is 27.7 Å². The van der Waals surface area contributed by atoms with Crippen LogP contribution in [-0.4, -0.2) is 28.8 Å². The molecule has 3 amide bonds. The number of amides is 3. The van der Waals surface area contributed by atoms with E-state index in [0.717, 1.165) is 22.5 Å². The molecule has 3 aromatic rings. The van der Waals surface area contributed by atoms with Crippen LogP contribution in [0, 0.1) is 33.5 Å². The van der Waals surface area contributed by atoms with E-state index in [4.69, 9.17) is 0 Å². The molecular weight excluding hydrogens is 411 g/mol. The van der Waals surface area contributed by atoms with Crippen molar-refractivity contribution in [2.24, 2.45) is 0 Å². The Morgan fingerprint density at radius 2 is 1.47 bits per heavy atom. The molecular formula is C24H25FN4O3. The van der Waals surface area contributed by atoms with Gasteiger partial charge in [0.15, 0.2) is 0 Å². The predicted molar refractivity (Wildman–Crippen MR) is 119 cm³/mol. The van der Waals surface area contributed by atoms with E-state index in [1.807, 2.05) is 31.4 Å². The SMILES string of the molecule is Cc1cc(C)cc(C(=O)NCC(=O)NNC(=O)c2cc(C)n(-c3ccc(F)cc3)c2C)c1. The summed E-state index contributed by atoms with van der Waals surface area (Å²) in [5.41, 5.74) is 9.54. The van der Waals surface area contributed by atoms with E-state index in [-0.39, 0.29) is 18.3 Å². The van der Waals surface area contributed by atoms with Gasteiger partial charge < -0.3 is 9.88 Å². The maximum atomic E-state index is 13.2. The van der Waals surface area contributed by atoms with Crippen molar-refractivity contribution >= 4 is 17.7 Å². The molecule has 0 bridgehead atoms. The number of aryl methyl sites for hydroxylation is 3. The van der Waals surface area contributed by atoms with Gasteiger partial charge in [-0.3, -0.25) is 25.2 Å². The maximum absolute atomic E-state index is 13.2. The highest BCUT2D eigenvalue weighted by molar-refractivity contribution is 5.98. The van der Waals surface area contributed by atoms with Gasteiger partial charge in [0.1, 0.15) is 5.82 Å². The van der Waals surface area contributed by atoms with Gasteiger partial charge in [-0.1, -0.05) is 17.2 Å². The summed E-state index contributed by atoms with van der Waals surface area (Å²) in [4.78, 5) is 36.9. The van der Waals surface area contributed by atoms with Crippen LogP contribution in [0.2, 0.25) is 0 Å². The highest BCUT2D eigenvalue weighted by Crippen LogP contribution is 2.21. The molecule has 0 aliphatic heterocycles. The summed E-state index contributed by atoms with van der Waals surface area (Å²) < 4.78 is 15.0. The minimum Gasteiger partial charge on any atom is -0.343 e. The molecule has 0 atom stereocenters. The third kappa shape index (κ3) is 5.21. The molecule has 0 spiro atoms. The van der Waals surface area contributed by atoms with Crippen LogP contribution in [0.25, 0.3) is 5.69 Å². The number of rotatable bonds is 5. The van der Waals surface area contributed by atoms with Crippen molar-refractivity contribution < 1.29 is 18.8 Å². The highest BCUT2D eigenvalue weighted by Gasteiger charge is 2.17. The van der Waals surface area contributed by atoms with Crippen LogP contribution in [0.4, 0.5) is 4.39 Å². The third-order valence-corrected chi connectivity index (χ3v) is 4.97. The molecule has 166 valence electrons. The lowest BCUT2D eigenvalue weighted by Gasteiger charge is -2.11. The van der Waals surface area contributed by atoms with Crippen LogP contribution in [0.1, 0.15) is 43.2 Å². The van der Waals surface area contributed by atoms with Crippen LogP contribution in [0.3, 0.4) is 0 Å². The Hall–Kier alpha value is -3.94. The lowest BCUT2D eigenvalue weighted by Crippen LogP contribution is -2.46. The van der Waals surface area contributed by atoms with E-state index in [1.165, 1.54) is 12.1 Å². The van der Waals surface area contributed by atoms with Gasteiger partial charge in [-0.25, -0.2) is 4.39 Å². The lowest BCUT2D eigenvalue weighted by atomic mass is 10.1. The quantitative estimate of drug-likeness (QED) is 0.537. The second-order valence-electron chi connectivity index (χ2n) is 7.66. The van der Waals surface area contributed by atoms with Crippen LogP contribution < -0.4 is 16.2 Å². The van der Waals surface area contributed by atoms with E-state index < -0.39 is 11.8 Å². The first-order chi connectivity index (χ1) is 15.2. The fraction of sp³-hybridized carbons (Fsp3) is 0.208. The summed E-state index contributed by atoms with van der Waals surface area (Å²) >= 11 is 0. The minimum absolute atomic E-state index is 0.291. The zero-order chi connectivity index (χ0) is 23.4. The number of benzene rings is 2. The molecule has 1 aromatic heterocycles. The first-order valence-electron chi connectivity index (χ1n) is 10.1. The van der Waals surface area contributed by atoms with E-state index in [1.54, 1.807) is 37.3 Å². The van der Waals surface area contributed by atoms with Gasteiger partial charge in [-0.05, 0) is 70.2 Å². The normalized spacial score (nSPS) is 10.5. The molecule has 7 nitrogen and oxygen atoms in total. The fourth-order valence-corrected chi connectivity index (χ4v) is 3.59. The van der Waals surface area contributed by atoms with Gasteiger partial charge in [0.05, 0.1) is 12.1 Å². The molecule has 0 aliphatic carbocycles. The molecule has 1 heterocycles. The molecule has 3 N–H and O–H groups in total. The zero-order valence-corrected chi connectivity index (χ0v) is 18.4. The minimum atomic E-state index is -0.566. The molecule has 8 heteroatoms. The van der Waals surface area contributed by atoms with Crippen molar-refractivity contribution in [3.8, 4) is 5.69 Å². The Labute approximate surface area is 185 Å². The number of aromatic nitrogens is 1. The number of nitrogens with zero attached hydrogens (tertiary/aromatic N) is 1. The summed E-state index contributed by atoms with van der Waals surface area (Å²) in [5, 5.41) is 2.53. The Balaban J connectivity index is 1.58. The van der Waals surface area contributed by atoms with E-state index in [9.17, 15) is 18.8 Å². The maximum Gasteiger partial charge on any atom is 0.271 e. The number of hydrazine groups is 1. The summed E-state index contributed by atoms with van der Waals surface area (Å²) in [5.74, 6) is -1.79. The van der Waals surface area contributed by atoms with E-state index >= 15 is 0 Å². The van der Waals surface area contributed by atoms with Gasteiger partial charge in [0.2, 0.25) is 0 Å². The van der Waals surface area contributed by atoms with Crippen molar-refractivity contribution in [1.29, 1.82) is 0 Å². The van der Waals surface area contributed by atoms with Crippen LogP contribution in [-0.2, 0) is 4.79 Å². The standard InChI is InChI=1S/C24H25FN4O3/c1-14-9-15(2)11-18(10-14)23(31)26-13-22(30)27-28-24(32)21-12-16(3)29(17(21)4)20-7-5-19(25)6-8-20/h5-12H,13H2,1-4H3,(H,26,31)(H,27,30)(H,28,32). The topological polar surface area (TPSA) is 92.2 Å². The lowest BCUT2D eigenvalue weighted by molar-refractivity contribution is -0.120. The average Bonchev–Trinajstić information content (AvgIpc) is 3.04. The fourth-order valence-electron chi connectivity index (χ4n) is 3.59. The van der Waals surface area contributed by atoms with E-state index in [2.05, 4.69) is 16.2 Å². The molecule has 0 radical (unpaired) electrons. The van der Waals surface area contributed by atoms with Crippen molar-refractivity contribution in [2.75, 3.05) is 6.54 Å². The molecule has 3 rings (SSSR count). The molecule has 0 unspecified atom stereocenters. The predicted octanol–water partition coefficient (Wildman–Crippen LogP) is 3.04. The van der Waals surface area contributed by atoms with Gasteiger partial charge in [-0.15, -0.1) is 0 Å². The monoisotopic (exact) mass is 436 g/mol. The van der Waals surface area contributed by atoms with Crippen molar-refractivity contribution in [1.82, 2.24) is 20.7 Å².